The zero-order valence-electron chi connectivity index (χ0n) is 20.4. The predicted octanol–water partition coefficient (Wildman–Crippen LogP) is 0.400. The Kier molecular flexibility index (Phi) is 10.6. The minimum absolute atomic E-state index is 0.158. The number of hydrogen-bond acceptors (Lipinski definition) is 10. The van der Waals surface area contributed by atoms with Gasteiger partial charge in [0.1, 0.15) is 4.90 Å². The smallest absolute Gasteiger partial charge is 0.384 e. The normalized spacial score (nSPS) is 19.6. The van der Waals surface area contributed by atoms with Crippen molar-refractivity contribution in [2.45, 2.75) is 34.3 Å². The number of nitrogens with zero attached hydrogens (tertiary/aromatic N) is 2. The first kappa shape index (κ1) is 30.0. The Labute approximate surface area is 215 Å². The average molecular weight is 574 g/mol. The Morgan fingerprint density at radius 2 is 1.62 bits per heavy atom. The van der Waals surface area contributed by atoms with E-state index in [4.69, 9.17) is 15.2 Å². The zero-order chi connectivity index (χ0) is 27.1. The van der Waals surface area contributed by atoms with Crippen molar-refractivity contribution in [1.29, 1.82) is 0 Å². The maximum absolute atomic E-state index is 13.5. The Morgan fingerprint density at radius 1 is 1.00 bits per heavy atom. The molecule has 0 saturated carbocycles. The second kappa shape index (κ2) is 13.0. The lowest BCUT2D eigenvalue weighted by atomic mass is 10.3. The van der Waals surface area contributed by atoms with E-state index in [-0.39, 0.29) is 25.2 Å². The molecule has 2 aliphatic heterocycles. The molecule has 11 nitrogen and oxygen atoms in total. The second-order valence-electron chi connectivity index (χ2n) is 8.70. The summed E-state index contributed by atoms with van der Waals surface area (Å²) in [6.07, 6.45) is 0.0583. The van der Waals surface area contributed by atoms with E-state index in [0.717, 1.165) is 25.2 Å². The SMILES string of the molecule is NCCC(NS(=O)(=O)c1ccc(NCCCN2CCOCC2)c(S(=O)(=O)C(F)(F)F)c1)N1CCOCC1. The summed E-state index contributed by atoms with van der Waals surface area (Å²) in [7, 11) is -10.2. The van der Waals surface area contributed by atoms with E-state index in [1.807, 2.05) is 4.90 Å². The Morgan fingerprint density at radius 3 is 2.22 bits per heavy atom. The number of sulfone groups is 1. The highest BCUT2D eigenvalue weighted by Gasteiger charge is 2.48. The van der Waals surface area contributed by atoms with Gasteiger partial charge in [0.05, 0.1) is 43.2 Å². The molecule has 0 amide bonds. The van der Waals surface area contributed by atoms with E-state index in [1.54, 1.807) is 0 Å². The lowest BCUT2D eigenvalue weighted by molar-refractivity contribution is -0.0435. The molecule has 1 unspecified atom stereocenters. The Balaban J connectivity index is 1.82. The number of nitrogens with two attached hydrogens (primary N) is 1. The first-order valence-electron chi connectivity index (χ1n) is 12.0. The molecular weight excluding hydrogens is 539 g/mol. The van der Waals surface area contributed by atoms with Gasteiger partial charge in [-0.25, -0.2) is 16.8 Å². The van der Waals surface area contributed by atoms with E-state index in [9.17, 15) is 30.0 Å². The summed E-state index contributed by atoms with van der Waals surface area (Å²) < 4.78 is 104. The summed E-state index contributed by atoms with van der Waals surface area (Å²) >= 11 is 0. The largest absolute Gasteiger partial charge is 0.501 e. The number of alkyl halides is 3. The summed E-state index contributed by atoms with van der Waals surface area (Å²) in [6, 6.07) is 2.68. The van der Waals surface area contributed by atoms with Crippen LogP contribution in [0.2, 0.25) is 0 Å². The molecule has 1 atom stereocenters. The number of morpholine rings is 2. The molecule has 0 radical (unpaired) electrons. The van der Waals surface area contributed by atoms with Crippen molar-refractivity contribution in [1.82, 2.24) is 14.5 Å². The molecule has 2 saturated heterocycles. The fourth-order valence-electron chi connectivity index (χ4n) is 4.12. The van der Waals surface area contributed by atoms with Gasteiger partial charge >= 0.3 is 5.51 Å². The molecule has 37 heavy (non-hydrogen) atoms. The first-order chi connectivity index (χ1) is 17.5. The van der Waals surface area contributed by atoms with Gasteiger partial charge in [-0.05, 0) is 44.1 Å². The minimum atomic E-state index is -5.84. The van der Waals surface area contributed by atoms with Crippen molar-refractivity contribution in [3.8, 4) is 0 Å². The zero-order valence-corrected chi connectivity index (χ0v) is 22.0. The molecule has 4 N–H and O–H groups in total. The average Bonchev–Trinajstić information content (AvgIpc) is 2.86. The number of halogens is 3. The highest BCUT2D eigenvalue weighted by molar-refractivity contribution is 7.92. The van der Waals surface area contributed by atoms with Crippen LogP contribution in [0.3, 0.4) is 0 Å². The second-order valence-corrected chi connectivity index (χ2v) is 12.3. The lowest BCUT2D eigenvalue weighted by Gasteiger charge is -2.34. The highest BCUT2D eigenvalue weighted by Crippen LogP contribution is 2.36. The minimum Gasteiger partial charge on any atom is -0.384 e. The van der Waals surface area contributed by atoms with Gasteiger partial charge in [-0.15, -0.1) is 0 Å². The number of ether oxygens (including phenoxy) is 2. The van der Waals surface area contributed by atoms with Crippen LogP contribution in [0.15, 0.2) is 28.0 Å². The number of benzene rings is 1. The van der Waals surface area contributed by atoms with Gasteiger partial charge in [0.2, 0.25) is 10.0 Å². The van der Waals surface area contributed by atoms with Gasteiger partial charge < -0.3 is 20.5 Å². The van der Waals surface area contributed by atoms with Gasteiger partial charge in [-0.1, -0.05) is 0 Å². The van der Waals surface area contributed by atoms with Crippen molar-refractivity contribution in [2.75, 3.05) is 77.6 Å². The maximum atomic E-state index is 13.5. The number of hydrogen-bond donors (Lipinski definition) is 3. The standard InChI is InChI=1S/C21H34F3N5O6S2/c22-21(23,24)36(30,31)19-16-17(2-3-18(19)26-6-1-7-28-8-12-34-13-9-28)37(32,33)27-20(4-5-25)29-10-14-35-15-11-29/h2-3,16,20,26-27H,1,4-15,25H2. The number of nitrogens with one attached hydrogen (secondary N) is 2. The molecular formula is C21H34F3N5O6S2. The molecule has 2 fully saturated rings. The molecule has 0 aromatic heterocycles. The van der Waals surface area contributed by atoms with Gasteiger partial charge in [0.15, 0.2) is 0 Å². The fourth-order valence-corrected chi connectivity index (χ4v) is 6.44. The van der Waals surface area contributed by atoms with E-state index in [0.29, 0.717) is 58.5 Å². The molecule has 3 rings (SSSR count). The van der Waals surface area contributed by atoms with Gasteiger partial charge in [0, 0.05) is 32.7 Å². The quantitative estimate of drug-likeness (QED) is 0.301. The van der Waals surface area contributed by atoms with Gasteiger partial charge in [-0.3, -0.25) is 9.80 Å². The van der Waals surface area contributed by atoms with Gasteiger partial charge in [-0.2, -0.15) is 17.9 Å². The molecule has 1 aromatic rings. The number of anilines is 1. The van der Waals surface area contributed by atoms with Crippen molar-refractivity contribution < 1.29 is 39.5 Å². The van der Waals surface area contributed by atoms with Gasteiger partial charge in [0.25, 0.3) is 9.84 Å². The van der Waals surface area contributed by atoms with Crippen LogP contribution in [0.5, 0.6) is 0 Å². The van der Waals surface area contributed by atoms with Crippen LogP contribution in [0.1, 0.15) is 12.8 Å². The van der Waals surface area contributed by atoms with E-state index >= 15 is 0 Å². The predicted molar refractivity (Wildman–Crippen MR) is 130 cm³/mol. The third kappa shape index (κ3) is 7.98. The number of sulfonamides is 1. The van der Waals surface area contributed by atoms with Crippen LogP contribution in [0.4, 0.5) is 18.9 Å². The van der Waals surface area contributed by atoms with Crippen molar-refractivity contribution in [3.63, 3.8) is 0 Å². The topological polar surface area (TPSA) is 143 Å². The number of rotatable bonds is 12. The molecule has 1 aromatic carbocycles. The van der Waals surface area contributed by atoms with E-state index < -0.39 is 41.3 Å². The molecule has 2 aliphatic rings. The van der Waals surface area contributed by atoms with Crippen molar-refractivity contribution in [2.24, 2.45) is 5.73 Å². The first-order valence-corrected chi connectivity index (χ1v) is 15.0. The third-order valence-corrected chi connectivity index (χ3v) is 9.13. The van der Waals surface area contributed by atoms with Crippen LogP contribution in [-0.2, 0) is 29.3 Å². The highest BCUT2D eigenvalue weighted by atomic mass is 32.2. The van der Waals surface area contributed by atoms with Crippen LogP contribution < -0.4 is 15.8 Å². The molecule has 2 heterocycles. The summed E-state index contributed by atoms with van der Waals surface area (Å²) in [5.74, 6) is 0. The Hall–Kier alpha value is -1.53. The Bertz CT molecular complexity index is 1090. The van der Waals surface area contributed by atoms with Crippen molar-refractivity contribution in [3.05, 3.63) is 18.2 Å². The van der Waals surface area contributed by atoms with Crippen LogP contribution >= 0.6 is 0 Å². The summed E-state index contributed by atoms with van der Waals surface area (Å²) in [5, 5.41) is 2.73. The summed E-state index contributed by atoms with van der Waals surface area (Å²) in [5.41, 5.74) is -0.290. The van der Waals surface area contributed by atoms with E-state index in [2.05, 4.69) is 14.9 Å². The molecule has 0 aliphatic carbocycles. The monoisotopic (exact) mass is 573 g/mol. The van der Waals surface area contributed by atoms with E-state index in [1.165, 1.54) is 0 Å². The summed E-state index contributed by atoms with van der Waals surface area (Å²) in [4.78, 5) is 2.21. The maximum Gasteiger partial charge on any atom is 0.501 e. The lowest BCUT2D eigenvalue weighted by Crippen LogP contribution is -2.52. The molecule has 0 spiro atoms. The molecule has 212 valence electrons. The van der Waals surface area contributed by atoms with Crippen molar-refractivity contribution >= 4 is 25.5 Å². The third-order valence-electron chi connectivity index (χ3n) is 6.15. The fraction of sp³-hybridized carbons (Fsp3) is 0.714. The molecule has 16 heteroatoms. The van der Waals surface area contributed by atoms with Crippen LogP contribution in [-0.4, -0.2) is 111 Å². The van der Waals surface area contributed by atoms with Crippen LogP contribution in [0, 0.1) is 0 Å². The molecule has 0 bridgehead atoms. The summed E-state index contributed by atoms with van der Waals surface area (Å²) in [6.45, 7) is 5.34. The van der Waals surface area contributed by atoms with Crippen LogP contribution in [0.25, 0.3) is 0 Å².